The Morgan fingerprint density at radius 1 is 0.814 bits per heavy atom. The number of hydrogen-bond acceptors (Lipinski definition) is 13. The number of aliphatic hydroxyl groups is 2. The second kappa shape index (κ2) is 32.6. The molecule has 17 nitrogen and oxygen atoms in total. The van der Waals surface area contributed by atoms with Gasteiger partial charge in [0.05, 0.1) is 19.3 Å². The number of ketones is 1. The van der Waals surface area contributed by atoms with Crippen molar-refractivity contribution in [3.63, 3.8) is 0 Å². The SMILES string of the molecule is CCCCCCCCCCCCCC(=O)OC(C(=O)CCCCCCCCCCCCC)C(O)CO.Nc1ccn([C@H]2CC[C@@H](COP(=O)(O)OP(=O)(O)O)O2)c(=O)n1. The molecule has 7 N–H and O–H groups in total. The number of phosphoric acid groups is 2. The number of carbonyl (C=O) groups excluding carboxylic acids is 2. The molecule has 344 valence electrons. The van der Waals surface area contributed by atoms with Crippen molar-refractivity contribution in [3.8, 4) is 0 Å². The van der Waals surface area contributed by atoms with E-state index >= 15 is 0 Å². The van der Waals surface area contributed by atoms with Gasteiger partial charge in [-0.2, -0.15) is 9.29 Å². The van der Waals surface area contributed by atoms with Crippen LogP contribution in [0.1, 0.15) is 187 Å². The van der Waals surface area contributed by atoms with Crippen LogP contribution in [0.5, 0.6) is 0 Å². The Morgan fingerprint density at radius 2 is 1.29 bits per heavy atom. The summed E-state index contributed by atoms with van der Waals surface area (Å²) in [4.78, 5) is 66.1. The molecule has 0 radical (unpaired) electrons. The Balaban J connectivity index is 0.000000646. The summed E-state index contributed by atoms with van der Waals surface area (Å²) in [7, 11) is -10.1. The molecule has 2 rings (SSSR count). The van der Waals surface area contributed by atoms with Gasteiger partial charge in [0.2, 0.25) is 0 Å². The molecule has 0 aromatic carbocycles. The molecule has 1 aromatic heterocycles. The number of aliphatic hydroxyl groups excluding tert-OH is 2. The van der Waals surface area contributed by atoms with E-state index < -0.39 is 65.1 Å². The van der Waals surface area contributed by atoms with E-state index in [1.165, 1.54) is 120 Å². The van der Waals surface area contributed by atoms with E-state index in [9.17, 15) is 33.7 Å². The van der Waals surface area contributed by atoms with Crippen molar-refractivity contribution in [1.82, 2.24) is 9.55 Å². The zero-order valence-corrected chi connectivity index (χ0v) is 37.3. The molecule has 1 aliphatic rings. The van der Waals surface area contributed by atoms with Gasteiger partial charge in [-0.3, -0.25) is 18.7 Å². The first-order chi connectivity index (χ1) is 28.1. The summed E-state index contributed by atoms with van der Waals surface area (Å²) < 4.78 is 41.9. The molecular weight excluding hydrogens is 808 g/mol. The molecule has 0 amide bonds. The molecular formula is C40H75N3O14P2. The number of phosphoric ester groups is 1. The first-order valence-electron chi connectivity index (χ1n) is 21.9. The summed E-state index contributed by atoms with van der Waals surface area (Å²) in [6.07, 6.45) is 25.3. The molecule has 59 heavy (non-hydrogen) atoms. The Hall–Kier alpha value is -2.04. The van der Waals surface area contributed by atoms with Crippen molar-refractivity contribution in [2.75, 3.05) is 18.9 Å². The van der Waals surface area contributed by atoms with Crippen molar-refractivity contribution in [2.45, 2.75) is 205 Å². The van der Waals surface area contributed by atoms with Crippen LogP contribution in [0.4, 0.5) is 5.82 Å². The Kier molecular flexibility index (Phi) is 30.4. The van der Waals surface area contributed by atoms with Gasteiger partial charge in [0.1, 0.15) is 18.1 Å². The van der Waals surface area contributed by atoms with Gasteiger partial charge in [-0.15, -0.1) is 0 Å². The van der Waals surface area contributed by atoms with Crippen LogP contribution in [0.25, 0.3) is 0 Å². The quantitative estimate of drug-likeness (QED) is 0.0218. The highest BCUT2D eigenvalue weighted by molar-refractivity contribution is 7.60. The van der Waals surface area contributed by atoms with E-state index in [0.29, 0.717) is 12.8 Å². The van der Waals surface area contributed by atoms with Crippen LogP contribution >= 0.6 is 15.6 Å². The van der Waals surface area contributed by atoms with E-state index in [-0.39, 0.29) is 24.4 Å². The molecule has 19 heteroatoms. The number of nitrogens with two attached hydrogens (primary N) is 1. The highest BCUT2D eigenvalue weighted by Crippen LogP contribution is 2.57. The van der Waals surface area contributed by atoms with Crippen LogP contribution < -0.4 is 11.4 Å². The zero-order valence-electron chi connectivity index (χ0n) is 35.5. The van der Waals surface area contributed by atoms with Gasteiger partial charge in [0, 0.05) is 19.0 Å². The molecule has 2 heterocycles. The third-order valence-corrected chi connectivity index (χ3v) is 12.2. The third kappa shape index (κ3) is 28.2. The summed E-state index contributed by atoms with van der Waals surface area (Å²) >= 11 is 0. The minimum absolute atomic E-state index is 0.0694. The lowest BCUT2D eigenvalue weighted by molar-refractivity contribution is -0.163. The normalized spacial score (nSPS) is 17.5. The molecule has 1 aliphatic heterocycles. The number of hydrogen-bond donors (Lipinski definition) is 6. The summed E-state index contributed by atoms with van der Waals surface area (Å²) in [5, 5.41) is 19.3. The molecule has 0 saturated carbocycles. The predicted octanol–water partition coefficient (Wildman–Crippen LogP) is 7.95. The average Bonchev–Trinajstić information content (AvgIpc) is 3.65. The Labute approximate surface area is 351 Å². The zero-order chi connectivity index (χ0) is 43.9. The second-order valence-corrected chi connectivity index (χ2v) is 18.2. The van der Waals surface area contributed by atoms with Gasteiger partial charge >= 0.3 is 27.3 Å². The number of nitrogens with zero attached hydrogens (tertiary/aromatic N) is 2. The number of Topliss-reactive ketones (excluding diaryl/α,β-unsaturated/α-hetero) is 1. The first-order valence-corrected chi connectivity index (χ1v) is 24.9. The van der Waals surface area contributed by atoms with E-state index in [1.807, 2.05) is 0 Å². The number of ether oxygens (including phenoxy) is 2. The van der Waals surface area contributed by atoms with Gasteiger partial charge in [0.15, 0.2) is 11.9 Å². The van der Waals surface area contributed by atoms with Crippen LogP contribution in [0.3, 0.4) is 0 Å². The number of aromatic nitrogens is 2. The Morgan fingerprint density at radius 3 is 1.75 bits per heavy atom. The number of anilines is 1. The molecule has 0 spiro atoms. The minimum Gasteiger partial charge on any atom is -0.451 e. The lowest BCUT2D eigenvalue weighted by Gasteiger charge is -2.20. The van der Waals surface area contributed by atoms with Gasteiger partial charge in [-0.05, 0) is 31.7 Å². The number of esters is 1. The minimum atomic E-state index is -5.16. The Bertz CT molecular complexity index is 1430. The van der Waals surface area contributed by atoms with Crippen LogP contribution in [0.2, 0.25) is 0 Å². The molecule has 1 fully saturated rings. The van der Waals surface area contributed by atoms with Crippen LogP contribution in [0.15, 0.2) is 17.1 Å². The second-order valence-electron chi connectivity index (χ2n) is 15.4. The fourth-order valence-corrected chi connectivity index (χ4v) is 8.31. The highest BCUT2D eigenvalue weighted by atomic mass is 31.3. The van der Waals surface area contributed by atoms with Gasteiger partial charge in [-0.1, -0.05) is 142 Å². The first kappa shape index (κ1) is 55.0. The number of carbonyl (C=O) groups is 2. The maximum Gasteiger partial charge on any atom is 0.481 e. The van der Waals surface area contributed by atoms with Gasteiger partial charge in [-0.25, -0.2) is 13.9 Å². The highest BCUT2D eigenvalue weighted by Gasteiger charge is 2.35. The third-order valence-electron chi connectivity index (χ3n) is 10.0. The van der Waals surface area contributed by atoms with Crippen LogP contribution in [0, 0.1) is 0 Å². The largest absolute Gasteiger partial charge is 0.481 e. The fourth-order valence-electron chi connectivity index (χ4n) is 6.69. The van der Waals surface area contributed by atoms with Crippen LogP contribution in [-0.2, 0) is 37.0 Å². The maximum atomic E-state index is 12.6. The lowest BCUT2D eigenvalue weighted by atomic mass is 10.0. The monoisotopic (exact) mass is 883 g/mol. The summed E-state index contributed by atoms with van der Waals surface area (Å²) in [5.74, 6) is -0.657. The summed E-state index contributed by atoms with van der Waals surface area (Å²) in [5.41, 5.74) is 4.78. The van der Waals surface area contributed by atoms with Crippen molar-refractivity contribution in [3.05, 3.63) is 22.7 Å². The average molecular weight is 884 g/mol. The van der Waals surface area contributed by atoms with Gasteiger partial charge in [0.25, 0.3) is 0 Å². The fraction of sp³-hybridized carbons (Fsp3) is 0.850. The van der Waals surface area contributed by atoms with Crippen LogP contribution in [-0.4, -0.2) is 77.7 Å². The molecule has 1 aromatic rings. The lowest BCUT2D eigenvalue weighted by Crippen LogP contribution is -2.40. The van der Waals surface area contributed by atoms with E-state index in [2.05, 4.69) is 27.7 Å². The maximum absolute atomic E-state index is 12.6. The smallest absolute Gasteiger partial charge is 0.451 e. The van der Waals surface area contributed by atoms with E-state index in [4.69, 9.17) is 29.9 Å². The van der Waals surface area contributed by atoms with E-state index in [0.717, 1.165) is 38.5 Å². The number of nitrogen functional groups attached to an aromatic ring is 1. The van der Waals surface area contributed by atoms with Crippen molar-refractivity contribution in [1.29, 1.82) is 0 Å². The number of unbranched alkanes of at least 4 members (excludes halogenated alkanes) is 20. The molecule has 0 bridgehead atoms. The standard InChI is InChI=1S/C31H60O5.C9H15N3O9P2/c1-3-5-7-9-11-13-15-17-19-21-23-25-28(33)31(29(34)27-32)36-30(35)26-24-22-20-18-16-14-12-10-8-6-4-2;10-7-3-4-12(9(13)11-7)8-2-1-6(20-8)5-19-23(17,18)21-22(14,15)16/h29,31-32,34H,3-27H2,1-2H3;3-4,6,8H,1-2,5H2,(H,17,18)(H2,10,11,13)(H2,14,15,16)/t;6-,8+/m.0/s1. The van der Waals surface area contributed by atoms with Crippen molar-refractivity contribution < 1.29 is 61.9 Å². The summed E-state index contributed by atoms with van der Waals surface area (Å²) in [6, 6.07) is 1.42. The van der Waals surface area contributed by atoms with Crippen molar-refractivity contribution in [2.24, 2.45) is 0 Å². The van der Waals surface area contributed by atoms with Crippen molar-refractivity contribution >= 4 is 33.2 Å². The predicted molar refractivity (Wildman–Crippen MR) is 225 cm³/mol. The summed E-state index contributed by atoms with van der Waals surface area (Å²) in [6.45, 7) is 3.45. The molecule has 5 atom stereocenters. The topological polar surface area (TPSA) is 267 Å². The van der Waals surface area contributed by atoms with Gasteiger partial charge < -0.3 is 40.1 Å². The number of rotatable bonds is 34. The molecule has 3 unspecified atom stereocenters. The molecule has 0 aliphatic carbocycles. The van der Waals surface area contributed by atoms with E-state index in [1.54, 1.807) is 0 Å². The molecule has 1 saturated heterocycles.